The van der Waals surface area contributed by atoms with Gasteiger partial charge in [-0.2, -0.15) is 0 Å². The highest BCUT2D eigenvalue weighted by atomic mass is 16.5. The summed E-state index contributed by atoms with van der Waals surface area (Å²) in [6, 6.07) is 7.58. The van der Waals surface area contributed by atoms with Crippen molar-refractivity contribution in [3.8, 4) is 0 Å². The van der Waals surface area contributed by atoms with E-state index in [9.17, 15) is 14.4 Å². The Morgan fingerprint density at radius 2 is 1.89 bits per heavy atom. The molecule has 7 nitrogen and oxygen atoms in total. The van der Waals surface area contributed by atoms with Gasteiger partial charge in [-0.05, 0) is 43.7 Å². The van der Waals surface area contributed by atoms with E-state index in [1.165, 1.54) is 12.8 Å². The van der Waals surface area contributed by atoms with Crippen LogP contribution in [0.5, 0.6) is 0 Å². The minimum atomic E-state index is -0.689. The maximum Gasteiger partial charge on any atom is 0.306 e. The molecule has 2 aliphatic rings. The van der Waals surface area contributed by atoms with E-state index in [4.69, 9.17) is 4.74 Å². The van der Waals surface area contributed by atoms with Gasteiger partial charge in [0, 0.05) is 42.5 Å². The Morgan fingerprint density at radius 3 is 2.69 bits per heavy atom. The summed E-state index contributed by atoms with van der Waals surface area (Å²) in [7, 11) is 0. The monoisotopic (exact) mass is 495 g/mol. The van der Waals surface area contributed by atoms with E-state index in [0.29, 0.717) is 31.9 Å². The van der Waals surface area contributed by atoms with Gasteiger partial charge in [0.15, 0.2) is 0 Å². The Hall–Kier alpha value is -2.83. The van der Waals surface area contributed by atoms with Gasteiger partial charge in [-0.1, -0.05) is 56.7 Å². The number of carbonyl (C=O) groups excluding carboxylic acids is 3. The summed E-state index contributed by atoms with van der Waals surface area (Å²) in [5.74, 6) is -0.760. The molecule has 0 spiro atoms. The Bertz CT molecular complexity index is 1040. The zero-order chi connectivity index (χ0) is 25.3. The van der Waals surface area contributed by atoms with Gasteiger partial charge in [-0.25, -0.2) is 0 Å². The molecule has 1 saturated carbocycles. The molecule has 0 saturated heterocycles. The van der Waals surface area contributed by atoms with E-state index >= 15 is 0 Å². The molecule has 1 unspecified atom stereocenters. The Labute approximate surface area is 214 Å². The van der Waals surface area contributed by atoms with E-state index in [2.05, 4.69) is 33.5 Å². The normalized spacial score (nSPS) is 20.6. The zero-order valence-electron chi connectivity index (χ0n) is 21.6. The maximum absolute atomic E-state index is 13.5. The van der Waals surface area contributed by atoms with Crippen LogP contribution in [0, 0.1) is 11.8 Å². The van der Waals surface area contributed by atoms with Gasteiger partial charge >= 0.3 is 5.97 Å². The molecule has 0 radical (unpaired) electrons. The standard InChI is InChI=1S/C29H41N3O4/c1-2-36-27(33)19-22(17-21-11-5-6-12-21)28(34)31-25-18-23-20-32(26-14-8-7-13-24(23)26)16-10-4-3-9-15-30-29(25)35/h7-8,13-14,20-22,25H,2-6,9-12,15-19H2,1H3,(H,30,35)(H,31,34)/t22-,25?/m1/s1. The highest BCUT2D eigenvalue weighted by Crippen LogP contribution is 2.32. The summed E-state index contributed by atoms with van der Waals surface area (Å²) in [6.07, 6.45) is 12.0. The third kappa shape index (κ3) is 6.89. The lowest BCUT2D eigenvalue weighted by Gasteiger charge is -2.24. The highest BCUT2D eigenvalue weighted by molar-refractivity contribution is 5.91. The van der Waals surface area contributed by atoms with E-state index in [1.807, 2.05) is 12.1 Å². The second-order valence-corrected chi connectivity index (χ2v) is 10.4. The lowest BCUT2D eigenvalue weighted by molar-refractivity contribution is -0.147. The van der Waals surface area contributed by atoms with Crippen LogP contribution in [-0.2, 0) is 32.1 Å². The van der Waals surface area contributed by atoms with Gasteiger partial charge in [0.25, 0.3) is 0 Å². The molecule has 7 heteroatoms. The van der Waals surface area contributed by atoms with Crippen LogP contribution in [0.4, 0.5) is 0 Å². The number of rotatable bonds is 7. The first-order valence-corrected chi connectivity index (χ1v) is 13.9. The second-order valence-electron chi connectivity index (χ2n) is 10.4. The number of fused-ring (bicyclic) bond motifs is 5. The number of nitrogens with zero attached hydrogens (tertiary/aromatic N) is 1. The fourth-order valence-corrected chi connectivity index (χ4v) is 5.84. The van der Waals surface area contributed by atoms with E-state index in [1.54, 1.807) is 6.92 Å². The van der Waals surface area contributed by atoms with Crippen molar-refractivity contribution in [3.63, 3.8) is 0 Å². The van der Waals surface area contributed by atoms with Crippen LogP contribution in [-0.4, -0.2) is 41.5 Å². The number of hydrogen-bond acceptors (Lipinski definition) is 4. The van der Waals surface area contributed by atoms with E-state index in [-0.39, 0.29) is 24.2 Å². The van der Waals surface area contributed by atoms with Crippen molar-refractivity contribution in [2.24, 2.45) is 11.8 Å². The van der Waals surface area contributed by atoms with Crippen LogP contribution in [0.2, 0.25) is 0 Å². The SMILES string of the molecule is CCOC(=O)C[C@@H](CC1CCCC1)C(=O)NC1Cc2cn(c3ccccc23)CCCCCCNC1=O. The lowest BCUT2D eigenvalue weighted by atomic mass is 9.89. The van der Waals surface area contributed by atoms with Gasteiger partial charge in [-0.3, -0.25) is 14.4 Å². The molecule has 1 aromatic carbocycles. The molecular weight excluding hydrogens is 454 g/mol. The molecule has 1 aliphatic heterocycles. The molecule has 1 aliphatic carbocycles. The molecule has 196 valence electrons. The number of ether oxygens (including phenoxy) is 1. The van der Waals surface area contributed by atoms with Crippen LogP contribution < -0.4 is 10.6 Å². The van der Waals surface area contributed by atoms with Crippen molar-refractivity contribution in [2.45, 2.75) is 90.1 Å². The average Bonchev–Trinajstić information content (AvgIpc) is 3.50. The lowest BCUT2D eigenvalue weighted by Crippen LogP contribution is -2.50. The molecule has 1 aromatic heterocycles. The van der Waals surface area contributed by atoms with Crippen molar-refractivity contribution >= 4 is 28.7 Å². The fraction of sp³-hybridized carbons (Fsp3) is 0.621. The first-order chi connectivity index (χ1) is 17.5. The second kappa shape index (κ2) is 12.9. The first kappa shape index (κ1) is 26.2. The van der Waals surface area contributed by atoms with Crippen molar-refractivity contribution in [1.29, 1.82) is 0 Å². The average molecular weight is 496 g/mol. The third-order valence-electron chi connectivity index (χ3n) is 7.73. The number of esters is 1. The van der Waals surface area contributed by atoms with Crippen LogP contribution >= 0.6 is 0 Å². The molecule has 2 atom stereocenters. The third-order valence-corrected chi connectivity index (χ3v) is 7.73. The fourth-order valence-electron chi connectivity index (χ4n) is 5.84. The van der Waals surface area contributed by atoms with Gasteiger partial charge in [0.05, 0.1) is 13.0 Å². The number of para-hydroxylation sites is 1. The maximum atomic E-state index is 13.5. The minimum absolute atomic E-state index is 0.0593. The number of aromatic nitrogens is 1. The topological polar surface area (TPSA) is 89.4 Å². The van der Waals surface area contributed by atoms with Gasteiger partial charge in [0.1, 0.15) is 6.04 Å². The molecular formula is C29H41N3O4. The summed E-state index contributed by atoms with van der Waals surface area (Å²) in [6.45, 7) is 3.63. The molecule has 1 fully saturated rings. The molecule has 2 N–H and O–H groups in total. The molecule has 2 heterocycles. The molecule has 36 heavy (non-hydrogen) atoms. The number of amides is 2. The summed E-state index contributed by atoms with van der Waals surface area (Å²) in [5.41, 5.74) is 2.22. The quantitative estimate of drug-likeness (QED) is 0.553. The summed E-state index contributed by atoms with van der Waals surface area (Å²) < 4.78 is 7.45. The number of hydrogen-bond donors (Lipinski definition) is 2. The van der Waals surface area contributed by atoms with E-state index < -0.39 is 12.0 Å². The van der Waals surface area contributed by atoms with Crippen molar-refractivity contribution < 1.29 is 19.1 Å². The minimum Gasteiger partial charge on any atom is -0.466 e. The number of nitrogens with one attached hydrogen (secondary N) is 2. The highest BCUT2D eigenvalue weighted by Gasteiger charge is 2.31. The van der Waals surface area contributed by atoms with E-state index in [0.717, 1.165) is 61.5 Å². The van der Waals surface area contributed by atoms with Gasteiger partial charge in [-0.15, -0.1) is 0 Å². The summed E-state index contributed by atoms with van der Waals surface area (Å²) in [5, 5.41) is 7.22. The summed E-state index contributed by atoms with van der Waals surface area (Å²) in [4.78, 5) is 39.1. The number of carbonyl (C=O) groups is 3. The van der Waals surface area contributed by atoms with Crippen molar-refractivity contribution in [1.82, 2.24) is 15.2 Å². The Kier molecular flexibility index (Phi) is 9.42. The van der Waals surface area contributed by atoms with Gasteiger partial charge in [0.2, 0.25) is 11.8 Å². The predicted octanol–water partition coefficient (Wildman–Crippen LogP) is 4.51. The van der Waals surface area contributed by atoms with Crippen LogP contribution in [0.3, 0.4) is 0 Å². The zero-order valence-corrected chi connectivity index (χ0v) is 21.6. The van der Waals surface area contributed by atoms with Crippen molar-refractivity contribution in [2.75, 3.05) is 13.2 Å². The molecule has 2 amide bonds. The van der Waals surface area contributed by atoms with Crippen LogP contribution in [0.1, 0.15) is 76.7 Å². The predicted molar refractivity (Wildman–Crippen MR) is 140 cm³/mol. The first-order valence-electron chi connectivity index (χ1n) is 13.9. The molecule has 2 aromatic rings. The van der Waals surface area contributed by atoms with Crippen molar-refractivity contribution in [3.05, 3.63) is 36.0 Å². The number of aryl methyl sites for hydroxylation is 1. The van der Waals surface area contributed by atoms with Crippen LogP contribution in [0.15, 0.2) is 30.5 Å². The molecule has 4 rings (SSSR count). The number of benzene rings is 1. The van der Waals surface area contributed by atoms with Crippen LogP contribution in [0.25, 0.3) is 10.9 Å². The van der Waals surface area contributed by atoms with Gasteiger partial charge < -0.3 is 19.9 Å². The summed E-state index contributed by atoms with van der Waals surface area (Å²) >= 11 is 0. The smallest absolute Gasteiger partial charge is 0.306 e. The molecule has 2 bridgehead atoms. The largest absolute Gasteiger partial charge is 0.466 e. The Morgan fingerprint density at radius 1 is 1.11 bits per heavy atom. The Balaban J connectivity index is 1.56.